The Kier molecular flexibility index (Phi) is 4.60. The first kappa shape index (κ1) is 18.4. The maximum atomic E-state index is 13.9. The third-order valence-corrected chi connectivity index (χ3v) is 7.54. The van der Waals surface area contributed by atoms with E-state index in [-0.39, 0.29) is 6.42 Å². The van der Waals surface area contributed by atoms with Crippen LogP contribution in [0.1, 0.15) is 13.3 Å². The number of rotatable bonds is 6. The smallest absolute Gasteiger partial charge is 0.320 e. The average Bonchev–Trinajstić information content (AvgIpc) is 2.55. The summed E-state index contributed by atoms with van der Waals surface area (Å²) in [6, 6.07) is 0. The van der Waals surface area contributed by atoms with Gasteiger partial charge >= 0.3 is 5.38 Å². The van der Waals surface area contributed by atoms with E-state index in [4.69, 9.17) is 11.6 Å². The Morgan fingerprint density at radius 2 is 1.08 bits per heavy atom. The zero-order valence-electron chi connectivity index (χ0n) is 15.5. The Morgan fingerprint density at radius 1 is 0.760 bits per heavy atom. The van der Waals surface area contributed by atoms with Crippen molar-refractivity contribution in [1.82, 2.24) is 9.80 Å². The van der Waals surface area contributed by atoms with E-state index in [1.54, 1.807) is 0 Å². The molecule has 6 aliphatic heterocycles. The summed E-state index contributed by atoms with van der Waals surface area (Å²) in [6.45, 7) is 17.3. The van der Waals surface area contributed by atoms with Crippen LogP contribution in [0.25, 0.3) is 0 Å². The van der Waals surface area contributed by atoms with Gasteiger partial charge in [-0.2, -0.15) is 8.78 Å². The first-order valence-electron chi connectivity index (χ1n) is 9.91. The summed E-state index contributed by atoms with van der Waals surface area (Å²) in [5, 5.41) is -3.10. The topological polar surface area (TPSA) is 6.48 Å². The molecule has 0 spiro atoms. The van der Waals surface area contributed by atoms with E-state index in [1.165, 1.54) is 0 Å². The Bertz CT molecular complexity index is 432. The first-order valence-corrected chi connectivity index (χ1v) is 10.3. The molecular formula is C18H33ClF2N4+2. The van der Waals surface area contributed by atoms with Crippen LogP contribution in [0.5, 0.6) is 0 Å². The fraction of sp³-hybridized carbons (Fsp3) is 1.00. The van der Waals surface area contributed by atoms with E-state index < -0.39 is 10.8 Å². The van der Waals surface area contributed by atoms with E-state index >= 15 is 0 Å². The van der Waals surface area contributed by atoms with Crippen molar-refractivity contribution >= 4 is 11.6 Å². The molecule has 7 heteroatoms. The number of hydrogen-bond acceptors (Lipinski definition) is 2. The van der Waals surface area contributed by atoms with Gasteiger partial charge in [0.25, 0.3) is 0 Å². The maximum absolute atomic E-state index is 13.9. The second-order valence-electron chi connectivity index (χ2n) is 9.63. The van der Waals surface area contributed by atoms with Crippen LogP contribution in [0, 0.1) is 5.41 Å². The summed E-state index contributed by atoms with van der Waals surface area (Å²) in [4.78, 5) is 5.03. The summed E-state index contributed by atoms with van der Waals surface area (Å²) in [5.41, 5.74) is -0.399. The van der Waals surface area contributed by atoms with Crippen molar-refractivity contribution in [3.05, 3.63) is 0 Å². The minimum Gasteiger partial charge on any atom is -0.320 e. The Balaban J connectivity index is 1.54. The number of alkyl halides is 3. The van der Waals surface area contributed by atoms with E-state index in [0.717, 1.165) is 101 Å². The maximum Gasteiger partial charge on any atom is 0.322 e. The Labute approximate surface area is 155 Å². The van der Waals surface area contributed by atoms with Gasteiger partial charge in [0.2, 0.25) is 0 Å². The van der Waals surface area contributed by atoms with Crippen LogP contribution in [0.15, 0.2) is 0 Å². The number of hydrogen-bond donors (Lipinski definition) is 0. The van der Waals surface area contributed by atoms with Crippen LogP contribution < -0.4 is 0 Å². The van der Waals surface area contributed by atoms with Crippen molar-refractivity contribution < 1.29 is 17.7 Å². The number of piperazine rings is 6. The molecule has 6 heterocycles. The third-order valence-electron chi connectivity index (χ3n) is 7.40. The minimum absolute atomic E-state index is 0.186. The van der Waals surface area contributed by atoms with E-state index in [2.05, 4.69) is 16.7 Å². The fourth-order valence-corrected chi connectivity index (χ4v) is 6.53. The van der Waals surface area contributed by atoms with Crippen molar-refractivity contribution in [2.45, 2.75) is 18.7 Å². The van der Waals surface area contributed by atoms with Crippen LogP contribution in [0.4, 0.5) is 8.78 Å². The van der Waals surface area contributed by atoms with E-state index in [0.29, 0.717) is 0 Å². The Morgan fingerprint density at radius 3 is 1.36 bits per heavy atom. The molecule has 0 radical (unpaired) electrons. The van der Waals surface area contributed by atoms with Gasteiger partial charge < -0.3 is 8.97 Å². The molecule has 0 aromatic heterocycles. The largest absolute Gasteiger partial charge is 0.322 e. The molecule has 0 atom stereocenters. The highest BCUT2D eigenvalue weighted by Gasteiger charge is 2.52. The van der Waals surface area contributed by atoms with Crippen LogP contribution in [-0.2, 0) is 0 Å². The molecular weight excluding hydrogens is 346 g/mol. The normalized spacial score (nSPS) is 43.2. The van der Waals surface area contributed by atoms with Gasteiger partial charge in [0.15, 0.2) is 0 Å². The van der Waals surface area contributed by atoms with Crippen molar-refractivity contribution in [1.29, 1.82) is 0 Å². The molecule has 4 nitrogen and oxygen atoms in total. The third kappa shape index (κ3) is 3.98. The van der Waals surface area contributed by atoms with Gasteiger partial charge in [0, 0.05) is 45.7 Å². The standard InChI is InChI=1S/C18H33ClF2N4/c1-17(14-18(19,20)21,15-24-8-2-22(3-9-24)4-10-24)16-25-11-5-23(6-12-25)7-13-25/h2-16H2,1H3/q+2. The summed E-state index contributed by atoms with van der Waals surface area (Å²) < 4.78 is 29.9. The lowest BCUT2D eigenvalue weighted by molar-refractivity contribution is -0.968. The molecule has 0 aromatic rings. The van der Waals surface area contributed by atoms with Gasteiger partial charge in [-0.25, -0.2) is 0 Å². The molecule has 6 aliphatic rings. The average molecular weight is 379 g/mol. The predicted molar refractivity (Wildman–Crippen MR) is 95.9 cm³/mol. The molecule has 0 aliphatic carbocycles. The number of quaternary nitrogens is 2. The molecule has 0 amide bonds. The molecule has 6 fully saturated rings. The van der Waals surface area contributed by atoms with Crippen LogP contribution in [0.3, 0.4) is 0 Å². The van der Waals surface area contributed by atoms with Crippen LogP contribution >= 0.6 is 11.6 Å². The quantitative estimate of drug-likeness (QED) is 0.510. The lowest BCUT2D eigenvalue weighted by Crippen LogP contribution is -2.73. The van der Waals surface area contributed by atoms with Gasteiger partial charge in [-0.1, -0.05) is 0 Å². The number of nitrogens with zero attached hydrogens (tertiary/aromatic N) is 4. The zero-order chi connectivity index (χ0) is 17.8. The molecule has 0 saturated carbocycles. The predicted octanol–water partition coefficient (Wildman–Crippen LogP) is 1.51. The highest BCUT2D eigenvalue weighted by molar-refractivity contribution is 6.21. The molecule has 144 valence electrons. The van der Waals surface area contributed by atoms with Gasteiger partial charge in [-0.15, -0.1) is 0 Å². The highest BCUT2D eigenvalue weighted by Crippen LogP contribution is 2.41. The van der Waals surface area contributed by atoms with E-state index in [9.17, 15) is 8.78 Å². The summed E-state index contributed by atoms with van der Waals surface area (Å²) in [6.07, 6.45) is -0.186. The second kappa shape index (κ2) is 6.26. The molecule has 0 unspecified atom stereocenters. The number of fused-ring (bicyclic) bond motifs is 6. The molecule has 0 aromatic carbocycles. The van der Waals surface area contributed by atoms with Crippen LogP contribution in [-0.4, -0.2) is 116 Å². The van der Waals surface area contributed by atoms with Crippen molar-refractivity contribution in [2.75, 3.05) is 91.6 Å². The van der Waals surface area contributed by atoms with Crippen molar-refractivity contribution in [3.8, 4) is 0 Å². The van der Waals surface area contributed by atoms with Gasteiger partial charge in [0.1, 0.15) is 0 Å². The molecule has 6 saturated heterocycles. The molecule has 4 bridgehead atoms. The monoisotopic (exact) mass is 378 g/mol. The SMILES string of the molecule is CC(CC(F)(F)Cl)(C[N+]12CCN(CC1)CC2)C[N+]12CCN(CC1)CC2. The second-order valence-corrected chi connectivity index (χ2v) is 10.2. The first-order chi connectivity index (χ1) is 11.7. The van der Waals surface area contributed by atoms with Crippen LogP contribution in [0.2, 0.25) is 0 Å². The lowest BCUT2D eigenvalue weighted by Gasteiger charge is -2.57. The summed E-state index contributed by atoms with van der Waals surface area (Å²) in [7, 11) is 0. The molecule has 6 rings (SSSR count). The molecule has 0 N–H and O–H groups in total. The van der Waals surface area contributed by atoms with Gasteiger partial charge in [0.05, 0.1) is 57.8 Å². The minimum atomic E-state index is -3.10. The lowest BCUT2D eigenvalue weighted by atomic mass is 9.82. The zero-order valence-corrected chi connectivity index (χ0v) is 16.3. The summed E-state index contributed by atoms with van der Waals surface area (Å²) >= 11 is 5.49. The number of halogens is 3. The highest BCUT2D eigenvalue weighted by atomic mass is 35.5. The van der Waals surface area contributed by atoms with Crippen molar-refractivity contribution in [3.63, 3.8) is 0 Å². The van der Waals surface area contributed by atoms with Gasteiger partial charge in [-0.3, -0.25) is 9.80 Å². The Hall–Kier alpha value is -0.0100. The molecule has 25 heavy (non-hydrogen) atoms. The van der Waals surface area contributed by atoms with Gasteiger partial charge in [-0.05, 0) is 18.5 Å². The fourth-order valence-electron chi connectivity index (χ4n) is 6.20. The van der Waals surface area contributed by atoms with E-state index in [1.807, 2.05) is 0 Å². The van der Waals surface area contributed by atoms with Crippen molar-refractivity contribution in [2.24, 2.45) is 5.41 Å². The summed E-state index contributed by atoms with van der Waals surface area (Å²) in [5.74, 6) is 0.